The number of hydrogen-bond donors (Lipinski definition) is 4. The van der Waals surface area contributed by atoms with E-state index in [1.165, 1.54) is 18.4 Å². The van der Waals surface area contributed by atoms with Crippen LogP contribution in [-0.2, 0) is 13.0 Å². The Morgan fingerprint density at radius 2 is 2.23 bits per heavy atom. The van der Waals surface area contributed by atoms with Gasteiger partial charge < -0.3 is 10.6 Å². The first-order valence-corrected chi connectivity index (χ1v) is 7.77. The number of fused-ring (bicyclic) bond motifs is 1. The highest BCUT2D eigenvalue weighted by Crippen LogP contribution is 2.37. The van der Waals surface area contributed by atoms with Crippen molar-refractivity contribution < 1.29 is 4.79 Å². The van der Waals surface area contributed by atoms with Crippen LogP contribution in [-0.4, -0.2) is 31.4 Å². The van der Waals surface area contributed by atoms with Gasteiger partial charge in [-0.3, -0.25) is 10.2 Å². The Bertz CT molecular complexity index is 672. The van der Waals surface area contributed by atoms with Gasteiger partial charge >= 0.3 is 6.03 Å². The van der Waals surface area contributed by atoms with Crippen molar-refractivity contribution in [3.8, 4) is 0 Å². The van der Waals surface area contributed by atoms with E-state index in [-0.39, 0.29) is 12.1 Å². The molecule has 4 N–H and O–H groups in total. The van der Waals surface area contributed by atoms with Gasteiger partial charge in [0.25, 0.3) is 0 Å². The van der Waals surface area contributed by atoms with Gasteiger partial charge in [-0.1, -0.05) is 0 Å². The van der Waals surface area contributed by atoms with E-state index in [1.54, 1.807) is 0 Å². The molecule has 0 radical (unpaired) electrons. The van der Waals surface area contributed by atoms with Crippen molar-refractivity contribution in [2.75, 3.05) is 0 Å². The molecule has 22 heavy (non-hydrogen) atoms. The quantitative estimate of drug-likeness (QED) is 0.681. The third kappa shape index (κ3) is 2.68. The van der Waals surface area contributed by atoms with Crippen molar-refractivity contribution in [3.05, 3.63) is 29.1 Å². The Morgan fingerprint density at radius 3 is 3.09 bits per heavy atom. The van der Waals surface area contributed by atoms with Crippen molar-refractivity contribution >= 4 is 6.03 Å². The van der Waals surface area contributed by atoms with Crippen molar-refractivity contribution in [1.82, 2.24) is 36.0 Å². The lowest BCUT2D eigenvalue weighted by molar-refractivity contribution is 0.234. The van der Waals surface area contributed by atoms with Crippen molar-refractivity contribution in [2.45, 2.75) is 50.6 Å². The number of nitrogens with one attached hydrogen (secondary N) is 4. The third-order valence-electron chi connectivity index (χ3n) is 4.25. The number of hydrogen-bond acceptors (Lipinski definition) is 4. The molecule has 2 aliphatic carbocycles. The molecule has 2 aromatic rings. The molecular formula is C14H19N7O. The second-order valence-electron chi connectivity index (χ2n) is 6.00. The molecule has 2 aliphatic rings. The van der Waals surface area contributed by atoms with Gasteiger partial charge in [0.05, 0.1) is 24.5 Å². The number of rotatable bonds is 4. The van der Waals surface area contributed by atoms with E-state index in [1.807, 2.05) is 6.20 Å². The summed E-state index contributed by atoms with van der Waals surface area (Å²) < 4.78 is 0. The predicted octanol–water partition coefficient (Wildman–Crippen LogP) is 1.28. The highest BCUT2D eigenvalue weighted by Gasteiger charge is 2.28. The number of aryl methyl sites for hydroxylation is 1. The Morgan fingerprint density at radius 1 is 1.32 bits per heavy atom. The van der Waals surface area contributed by atoms with Crippen LogP contribution in [0.2, 0.25) is 0 Å². The summed E-state index contributed by atoms with van der Waals surface area (Å²) in [5.74, 6) is 2.08. The van der Waals surface area contributed by atoms with E-state index in [4.69, 9.17) is 0 Å². The summed E-state index contributed by atoms with van der Waals surface area (Å²) in [6.45, 7) is 0.355. The van der Waals surface area contributed by atoms with Gasteiger partial charge in [-0.2, -0.15) is 10.2 Å². The molecule has 2 aromatic heterocycles. The second kappa shape index (κ2) is 5.43. The van der Waals surface area contributed by atoms with Crippen LogP contribution in [0.15, 0.2) is 6.20 Å². The highest BCUT2D eigenvalue weighted by molar-refractivity contribution is 5.74. The fourth-order valence-electron chi connectivity index (χ4n) is 2.89. The molecule has 8 nitrogen and oxygen atoms in total. The molecule has 8 heteroatoms. The van der Waals surface area contributed by atoms with Crippen LogP contribution >= 0.6 is 0 Å². The molecule has 0 saturated heterocycles. The predicted molar refractivity (Wildman–Crippen MR) is 78.0 cm³/mol. The number of urea groups is 1. The van der Waals surface area contributed by atoms with Crippen LogP contribution in [0.3, 0.4) is 0 Å². The van der Waals surface area contributed by atoms with Gasteiger partial charge in [0.15, 0.2) is 5.82 Å². The lowest BCUT2D eigenvalue weighted by Crippen LogP contribution is -2.39. The van der Waals surface area contributed by atoms with Gasteiger partial charge in [0, 0.05) is 5.92 Å². The maximum atomic E-state index is 12.1. The zero-order chi connectivity index (χ0) is 14.9. The molecule has 1 unspecified atom stereocenters. The van der Waals surface area contributed by atoms with E-state index in [0.717, 1.165) is 30.8 Å². The topological polar surface area (TPSA) is 111 Å². The van der Waals surface area contributed by atoms with Crippen LogP contribution in [0.1, 0.15) is 60.5 Å². The SMILES string of the molecule is O=C(NCc1nc(C2CC2)n[nH]1)NC1CCCc2cn[nH]c21. The molecule has 4 rings (SSSR count). The van der Waals surface area contributed by atoms with Crippen LogP contribution in [0.4, 0.5) is 4.79 Å². The fraction of sp³-hybridized carbons (Fsp3) is 0.571. The van der Waals surface area contributed by atoms with Crippen LogP contribution in [0.5, 0.6) is 0 Å². The smallest absolute Gasteiger partial charge is 0.315 e. The van der Waals surface area contributed by atoms with E-state index < -0.39 is 0 Å². The summed E-state index contributed by atoms with van der Waals surface area (Å²) in [4.78, 5) is 16.4. The summed E-state index contributed by atoms with van der Waals surface area (Å²) in [6.07, 6.45) is 7.18. The van der Waals surface area contributed by atoms with Crippen LogP contribution in [0, 0.1) is 0 Å². The minimum absolute atomic E-state index is 0.00278. The first-order valence-electron chi connectivity index (χ1n) is 7.77. The Balaban J connectivity index is 1.31. The lowest BCUT2D eigenvalue weighted by atomic mass is 9.94. The number of nitrogens with zero attached hydrogens (tertiary/aromatic N) is 3. The average Bonchev–Trinajstić information content (AvgIpc) is 3.07. The molecule has 2 amide bonds. The number of carbonyl (C=O) groups is 1. The number of aromatic nitrogens is 5. The van der Waals surface area contributed by atoms with Gasteiger partial charge in [0.2, 0.25) is 0 Å². The van der Waals surface area contributed by atoms with Gasteiger partial charge in [-0.25, -0.2) is 9.78 Å². The summed E-state index contributed by atoms with van der Waals surface area (Å²) in [6, 6.07) is -0.195. The molecule has 0 aromatic carbocycles. The first-order chi connectivity index (χ1) is 10.8. The summed E-state index contributed by atoms with van der Waals surface area (Å²) >= 11 is 0. The highest BCUT2D eigenvalue weighted by atomic mass is 16.2. The summed E-state index contributed by atoms with van der Waals surface area (Å²) in [5.41, 5.74) is 2.22. The maximum absolute atomic E-state index is 12.1. The molecule has 0 bridgehead atoms. The zero-order valence-electron chi connectivity index (χ0n) is 12.2. The van der Waals surface area contributed by atoms with Crippen LogP contribution in [0.25, 0.3) is 0 Å². The number of amides is 2. The zero-order valence-corrected chi connectivity index (χ0v) is 12.2. The largest absolute Gasteiger partial charge is 0.331 e. The van der Waals surface area contributed by atoms with Crippen LogP contribution < -0.4 is 10.6 Å². The molecular weight excluding hydrogens is 282 g/mol. The summed E-state index contributed by atoms with van der Waals surface area (Å²) in [5, 5.41) is 19.9. The Labute approximate surface area is 127 Å². The minimum atomic E-state index is -0.197. The van der Waals surface area contributed by atoms with E-state index in [2.05, 4.69) is 36.0 Å². The van der Waals surface area contributed by atoms with E-state index in [9.17, 15) is 4.79 Å². The maximum Gasteiger partial charge on any atom is 0.315 e. The Kier molecular flexibility index (Phi) is 3.28. The normalized spacial score (nSPS) is 20.5. The molecule has 0 aliphatic heterocycles. The lowest BCUT2D eigenvalue weighted by Gasteiger charge is -2.22. The number of H-pyrrole nitrogens is 2. The fourth-order valence-corrected chi connectivity index (χ4v) is 2.89. The first kappa shape index (κ1) is 13.3. The van der Waals surface area contributed by atoms with E-state index >= 15 is 0 Å². The molecule has 1 saturated carbocycles. The molecule has 2 heterocycles. The number of carbonyl (C=O) groups excluding carboxylic acids is 1. The third-order valence-corrected chi connectivity index (χ3v) is 4.25. The van der Waals surface area contributed by atoms with Crippen molar-refractivity contribution in [3.63, 3.8) is 0 Å². The summed E-state index contributed by atoms with van der Waals surface area (Å²) in [7, 11) is 0. The van der Waals surface area contributed by atoms with Gasteiger partial charge in [0.1, 0.15) is 5.82 Å². The standard InChI is InChI=1S/C14H19N7O/c22-14(15-7-11-18-13(21-19-11)8-4-5-8)17-10-3-1-2-9-6-16-20-12(9)10/h6,8,10H,1-5,7H2,(H,16,20)(H2,15,17,22)(H,18,19,21). The Hall–Kier alpha value is -2.38. The minimum Gasteiger partial charge on any atom is -0.331 e. The molecule has 1 fully saturated rings. The van der Waals surface area contributed by atoms with Crippen molar-refractivity contribution in [2.24, 2.45) is 0 Å². The second-order valence-corrected chi connectivity index (χ2v) is 6.00. The number of aromatic amines is 2. The molecule has 0 spiro atoms. The average molecular weight is 301 g/mol. The molecule has 1 atom stereocenters. The van der Waals surface area contributed by atoms with E-state index in [0.29, 0.717) is 18.3 Å². The van der Waals surface area contributed by atoms with Gasteiger partial charge in [-0.15, -0.1) is 0 Å². The van der Waals surface area contributed by atoms with Gasteiger partial charge in [-0.05, 0) is 37.7 Å². The molecule has 116 valence electrons. The monoisotopic (exact) mass is 301 g/mol. The van der Waals surface area contributed by atoms with Crippen molar-refractivity contribution in [1.29, 1.82) is 0 Å².